The molecule has 0 spiro atoms. The van der Waals surface area contributed by atoms with Crippen LogP contribution in [0, 0.1) is 13.8 Å². The third kappa shape index (κ3) is 4.46. The van der Waals surface area contributed by atoms with Crippen molar-refractivity contribution in [2.24, 2.45) is 0 Å². The molecule has 5 nitrogen and oxygen atoms in total. The predicted molar refractivity (Wildman–Crippen MR) is 115 cm³/mol. The van der Waals surface area contributed by atoms with Gasteiger partial charge in [-0.1, -0.05) is 53.7 Å². The molecule has 0 unspecified atom stereocenters. The van der Waals surface area contributed by atoms with Crippen molar-refractivity contribution in [2.75, 3.05) is 12.3 Å². The molecule has 0 bridgehead atoms. The van der Waals surface area contributed by atoms with Crippen molar-refractivity contribution in [3.8, 4) is 17.1 Å². The van der Waals surface area contributed by atoms with Crippen molar-refractivity contribution in [3.05, 3.63) is 71.3 Å². The Morgan fingerprint density at radius 3 is 2.79 bits per heavy atom. The topological polar surface area (TPSA) is 59.8 Å². The Bertz CT molecular complexity index is 1020. The van der Waals surface area contributed by atoms with Gasteiger partial charge in [0.15, 0.2) is 11.0 Å². The molecule has 1 amide bonds. The van der Waals surface area contributed by atoms with E-state index < -0.39 is 0 Å². The van der Waals surface area contributed by atoms with E-state index in [-0.39, 0.29) is 11.7 Å². The lowest BCUT2D eigenvalue weighted by Gasteiger charge is -2.14. The van der Waals surface area contributed by atoms with Crippen LogP contribution in [0.2, 0.25) is 5.02 Å². The Morgan fingerprint density at radius 2 is 2.04 bits per heavy atom. The first-order valence-electron chi connectivity index (χ1n) is 8.79. The van der Waals surface area contributed by atoms with Gasteiger partial charge in [0.25, 0.3) is 0 Å². The van der Waals surface area contributed by atoms with Crippen LogP contribution in [0.4, 0.5) is 0 Å². The van der Waals surface area contributed by atoms with Gasteiger partial charge in [-0.05, 0) is 43.2 Å². The maximum Gasteiger partial charge on any atom is 0.230 e. The molecular weight excluding hydrogens is 392 g/mol. The Balaban J connectivity index is 2.06. The third-order valence-corrected chi connectivity index (χ3v) is 5.39. The maximum atomic E-state index is 12.0. The summed E-state index contributed by atoms with van der Waals surface area (Å²) in [4.78, 5) is 12.0. The lowest BCUT2D eigenvalue weighted by molar-refractivity contribution is -0.118. The smallest absolute Gasteiger partial charge is 0.230 e. The van der Waals surface area contributed by atoms with E-state index >= 15 is 0 Å². The molecule has 1 heterocycles. The fraction of sp³-hybridized carbons (Fsp3) is 0.190. The fourth-order valence-corrected chi connectivity index (χ4v) is 3.72. The highest BCUT2D eigenvalue weighted by Gasteiger charge is 2.20. The standard InChI is InChI=1S/C21H21ClN4OS/c1-4-11-23-19(27)13-28-21-25-24-20(16-7-5-6-8-17(16)22)26(21)18-12-14(2)9-10-15(18)3/h4-10,12H,1,11,13H2,2-3H3,(H,23,27). The van der Waals surface area contributed by atoms with Crippen LogP contribution < -0.4 is 5.32 Å². The van der Waals surface area contributed by atoms with E-state index in [9.17, 15) is 4.79 Å². The average molecular weight is 413 g/mol. The van der Waals surface area contributed by atoms with Crippen molar-refractivity contribution in [2.45, 2.75) is 19.0 Å². The molecule has 1 aromatic heterocycles. The number of nitrogens with one attached hydrogen (secondary N) is 1. The number of nitrogens with zero attached hydrogens (tertiary/aromatic N) is 3. The van der Waals surface area contributed by atoms with E-state index in [1.807, 2.05) is 42.7 Å². The second-order valence-corrected chi connectivity index (χ2v) is 7.64. The molecule has 3 aromatic rings. The number of hydrogen-bond donors (Lipinski definition) is 1. The molecule has 3 rings (SSSR count). The summed E-state index contributed by atoms with van der Waals surface area (Å²) in [5.74, 6) is 0.798. The number of rotatable bonds is 7. The second-order valence-electron chi connectivity index (χ2n) is 6.29. The number of hydrogen-bond acceptors (Lipinski definition) is 4. The first kappa shape index (κ1) is 20.2. The Morgan fingerprint density at radius 1 is 1.25 bits per heavy atom. The van der Waals surface area contributed by atoms with Crippen LogP contribution >= 0.6 is 23.4 Å². The van der Waals surface area contributed by atoms with Gasteiger partial charge in [0, 0.05) is 12.1 Å². The minimum absolute atomic E-state index is 0.0836. The molecule has 28 heavy (non-hydrogen) atoms. The average Bonchev–Trinajstić information content (AvgIpc) is 3.10. The first-order valence-corrected chi connectivity index (χ1v) is 10.2. The van der Waals surface area contributed by atoms with Crippen LogP contribution in [-0.4, -0.2) is 33.0 Å². The highest BCUT2D eigenvalue weighted by atomic mass is 35.5. The number of thioether (sulfide) groups is 1. The summed E-state index contributed by atoms with van der Waals surface area (Å²) in [6.45, 7) is 8.12. The van der Waals surface area contributed by atoms with Gasteiger partial charge in [-0.15, -0.1) is 16.8 Å². The van der Waals surface area contributed by atoms with Crippen LogP contribution in [-0.2, 0) is 4.79 Å². The summed E-state index contributed by atoms with van der Waals surface area (Å²) in [5, 5.41) is 12.8. The summed E-state index contributed by atoms with van der Waals surface area (Å²) in [6.07, 6.45) is 1.65. The number of aryl methyl sites for hydroxylation is 2. The van der Waals surface area contributed by atoms with Gasteiger partial charge >= 0.3 is 0 Å². The van der Waals surface area contributed by atoms with Gasteiger partial charge in [0.2, 0.25) is 5.91 Å². The SMILES string of the molecule is C=CCNC(=O)CSc1nnc(-c2ccccc2Cl)n1-c1cc(C)ccc1C. The highest BCUT2D eigenvalue weighted by molar-refractivity contribution is 7.99. The van der Waals surface area contributed by atoms with E-state index in [4.69, 9.17) is 11.6 Å². The predicted octanol–water partition coefficient (Wildman–Crippen LogP) is 4.60. The summed E-state index contributed by atoms with van der Waals surface area (Å²) in [5.41, 5.74) is 3.96. The number of carbonyl (C=O) groups excluding carboxylic acids is 1. The Hall–Kier alpha value is -2.57. The van der Waals surface area contributed by atoms with Gasteiger partial charge in [-0.25, -0.2) is 0 Å². The zero-order chi connectivity index (χ0) is 20.1. The molecule has 0 atom stereocenters. The van der Waals surface area contributed by atoms with Crippen LogP contribution in [0.3, 0.4) is 0 Å². The van der Waals surface area contributed by atoms with E-state index in [1.54, 1.807) is 6.08 Å². The molecule has 0 saturated carbocycles. The van der Waals surface area contributed by atoms with Crippen molar-refractivity contribution >= 4 is 29.3 Å². The normalized spacial score (nSPS) is 10.7. The van der Waals surface area contributed by atoms with Gasteiger partial charge < -0.3 is 5.32 Å². The number of amides is 1. The lowest BCUT2D eigenvalue weighted by Crippen LogP contribution is -2.25. The third-order valence-electron chi connectivity index (χ3n) is 4.13. The van der Waals surface area contributed by atoms with Gasteiger partial charge in [0.05, 0.1) is 16.5 Å². The second kappa shape index (κ2) is 9.08. The molecule has 0 aliphatic carbocycles. The largest absolute Gasteiger partial charge is 0.352 e. The number of aromatic nitrogens is 3. The molecule has 0 radical (unpaired) electrons. The Kier molecular flexibility index (Phi) is 6.54. The minimum Gasteiger partial charge on any atom is -0.352 e. The molecular formula is C21H21ClN4OS. The van der Waals surface area contributed by atoms with Crippen molar-refractivity contribution in [1.82, 2.24) is 20.1 Å². The van der Waals surface area contributed by atoms with Crippen LogP contribution in [0.5, 0.6) is 0 Å². The molecule has 7 heteroatoms. The zero-order valence-corrected chi connectivity index (χ0v) is 17.3. The van der Waals surface area contributed by atoms with E-state index in [1.165, 1.54) is 11.8 Å². The first-order chi connectivity index (χ1) is 13.5. The summed E-state index contributed by atoms with van der Waals surface area (Å²) < 4.78 is 1.97. The highest BCUT2D eigenvalue weighted by Crippen LogP contribution is 2.33. The number of carbonyl (C=O) groups is 1. The van der Waals surface area contributed by atoms with E-state index in [0.717, 1.165) is 22.4 Å². The van der Waals surface area contributed by atoms with E-state index in [2.05, 4.69) is 40.3 Å². The van der Waals surface area contributed by atoms with Gasteiger partial charge in [-0.3, -0.25) is 9.36 Å². The lowest BCUT2D eigenvalue weighted by atomic mass is 10.1. The molecule has 0 fully saturated rings. The van der Waals surface area contributed by atoms with Gasteiger partial charge in [0.1, 0.15) is 0 Å². The van der Waals surface area contributed by atoms with Crippen LogP contribution in [0.25, 0.3) is 17.1 Å². The molecule has 0 aliphatic heterocycles. The molecule has 1 N–H and O–H groups in total. The van der Waals surface area contributed by atoms with E-state index in [0.29, 0.717) is 22.5 Å². The summed E-state index contributed by atoms with van der Waals surface area (Å²) in [6, 6.07) is 13.7. The quantitative estimate of drug-likeness (QED) is 0.455. The molecule has 0 aliphatic rings. The Labute approximate surface area is 173 Å². The molecule has 144 valence electrons. The maximum absolute atomic E-state index is 12.0. The molecule has 0 saturated heterocycles. The van der Waals surface area contributed by atoms with Crippen LogP contribution in [0.15, 0.2) is 60.3 Å². The van der Waals surface area contributed by atoms with Crippen LogP contribution in [0.1, 0.15) is 11.1 Å². The number of halogens is 1. The summed E-state index contributed by atoms with van der Waals surface area (Å²) in [7, 11) is 0. The van der Waals surface area contributed by atoms with Crippen molar-refractivity contribution in [1.29, 1.82) is 0 Å². The fourth-order valence-electron chi connectivity index (χ4n) is 2.73. The number of benzene rings is 2. The summed E-state index contributed by atoms with van der Waals surface area (Å²) >= 11 is 7.76. The monoisotopic (exact) mass is 412 g/mol. The van der Waals surface area contributed by atoms with Crippen molar-refractivity contribution in [3.63, 3.8) is 0 Å². The molecule has 2 aromatic carbocycles. The minimum atomic E-state index is -0.0836. The zero-order valence-electron chi connectivity index (χ0n) is 15.8. The van der Waals surface area contributed by atoms with Gasteiger partial charge in [-0.2, -0.15) is 0 Å². The van der Waals surface area contributed by atoms with Crippen molar-refractivity contribution < 1.29 is 4.79 Å².